The average Bonchev–Trinajstić information content (AvgIpc) is 2.70. The maximum Gasteiger partial charge on any atom is 0.244 e. The van der Waals surface area contributed by atoms with E-state index in [9.17, 15) is 13.6 Å². The number of ether oxygens (including phenoxy) is 1. The Hall–Kier alpha value is -3.54. The van der Waals surface area contributed by atoms with E-state index in [1.807, 2.05) is 31.2 Å². The molecule has 1 aromatic heterocycles. The molecule has 1 unspecified atom stereocenters. The Kier molecular flexibility index (Phi) is 6.11. The number of pyridine rings is 1. The lowest BCUT2D eigenvalue weighted by atomic mass is 10.1. The summed E-state index contributed by atoms with van der Waals surface area (Å²) in [6, 6.07) is 14.3. The molecule has 1 N–H and O–H groups in total. The van der Waals surface area contributed by atoms with Crippen LogP contribution in [0.3, 0.4) is 0 Å². The SMILES string of the molecule is CC(NC(=O)/C=C/c1cccc(F)c1F)c1cccc(Oc2ccncc2)c1. The number of carbonyl (C=O) groups is 1. The molecule has 1 amide bonds. The number of nitrogens with zero attached hydrogens (tertiary/aromatic N) is 1. The van der Waals surface area contributed by atoms with Crippen LogP contribution < -0.4 is 10.1 Å². The monoisotopic (exact) mass is 380 g/mol. The quantitative estimate of drug-likeness (QED) is 0.610. The van der Waals surface area contributed by atoms with Crippen molar-refractivity contribution in [1.29, 1.82) is 0 Å². The predicted molar refractivity (Wildman–Crippen MR) is 103 cm³/mol. The van der Waals surface area contributed by atoms with Crippen molar-refractivity contribution in [2.45, 2.75) is 13.0 Å². The number of halogens is 2. The van der Waals surface area contributed by atoms with Crippen molar-refractivity contribution in [3.63, 3.8) is 0 Å². The van der Waals surface area contributed by atoms with E-state index in [0.717, 1.165) is 11.6 Å². The van der Waals surface area contributed by atoms with Crippen molar-refractivity contribution < 1.29 is 18.3 Å². The van der Waals surface area contributed by atoms with E-state index in [0.29, 0.717) is 11.5 Å². The van der Waals surface area contributed by atoms with Gasteiger partial charge in [0.2, 0.25) is 5.91 Å². The van der Waals surface area contributed by atoms with Crippen LogP contribution in [0.25, 0.3) is 6.08 Å². The lowest BCUT2D eigenvalue weighted by Gasteiger charge is -2.14. The van der Waals surface area contributed by atoms with Crippen molar-refractivity contribution in [1.82, 2.24) is 10.3 Å². The second kappa shape index (κ2) is 8.90. The summed E-state index contributed by atoms with van der Waals surface area (Å²) in [5, 5.41) is 2.78. The van der Waals surface area contributed by atoms with E-state index in [-0.39, 0.29) is 11.6 Å². The zero-order chi connectivity index (χ0) is 19.9. The summed E-state index contributed by atoms with van der Waals surface area (Å²) in [4.78, 5) is 16.1. The van der Waals surface area contributed by atoms with Crippen molar-refractivity contribution in [2.24, 2.45) is 0 Å². The van der Waals surface area contributed by atoms with Gasteiger partial charge in [-0.05, 0) is 48.9 Å². The molecule has 0 fully saturated rings. The van der Waals surface area contributed by atoms with Gasteiger partial charge >= 0.3 is 0 Å². The third-order valence-corrected chi connectivity index (χ3v) is 4.00. The van der Waals surface area contributed by atoms with Crippen molar-refractivity contribution in [3.8, 4) is 11.5 Å². The Morgan fingerprint density at radius 2 is 1.82 bits per heavy atom. The van der Waals surface area contributed by atoms with Crippen LogP contribution in [0.2, 0.25) is 0 Å². The molecular weight excluding hydrogens is 362 g/mol. The molecule has 1 atom stereocenters. The van der Waals surface area contributed by atoms with Crippen LogP contribution in [0.4, 0.5) is 8.78 Å². The number of aromatic nitrogens is 1. The Labute approximate surface area is 161 Å². The first-order valence-corrected chi connectivity index (χ1v) is 8.63. The van der Waals surface area contributed by atoms with Crippen LogP contribution in [0.15, 0.2) is 73.1 Å². The number of rotatable bonds is 6. The van der Waals surface area contributed by atoms with Crippen LogP contribution >= 0.6 is 0 Å². The molecule has 0 bridgehead atoms. The third-order valence-electron chi connectivity index (χ3n) is 4.00. The molecule has 0 aliphatic heterocycles. The van der Waals surface area contributed by atoms with Gasteiger partial charge in [0.15, 0.2) is 11.6 Å². The number of hydrogen-bond acceptors (Lipinski definition) is 3. The highest BCUT2D eigenvalue weighted by Gasteiger charge is 2.10. The van der Waals surface area contributed by atoms with E-state index in [1.54, 1.807) is 24.5 Å². The molecule has 0 aliphatic rings. The minimum Gasteiger partial charge on any atom is -0.457 e. The van der Waals surface area contributed by atoms with Gasteiger partial charge < -0.3 is 10.1 Å². The van der Waals surface area contributed by atoms with E-state index >= 15 is 0 Å². The number of amides is 1. The maximum atomic E-state index is 13.6. The summed E-state index contributed by atoms with van der Waals surface area (Å²) in [5.74, 6) is -1.08. The molecule has 0 spiro atoms. The molecule has 3 aromatic rings. The van der Waals surface area contributed by atoms with Gasteiger partial charge in [-0.1, -0.05) is 24.3 Å². The largest absolute Gasteiger partial charge is 0.457 e. The first kappa shape index (κ1) is 19.2. The van der Waals surface area contributed by atoms with Crippen molar-refractivity contribution in [2.75, 3.05) is 0 Å². The summed E-state index contributed by atoms with van der Waals surface area (Å²) in [6.07, 6.45) is 5.68. The zero-order valence-corrected chi connectivity index (χ0v) is 15.1. The van der Waals surface area contributed by atoms with Crippen LogP contribution in [0, 0.1) is 11.6 Å². The predicted octanol–water partition coefficient (Wildman–Crippen LogP) is 5.04. The topological polar surface area (TPSA) is 51.2 Å². The van der Waals surface area contributed by atoms with Crippen LogP contribution in [0.1, 0.15) is 24.1 Å². The lowest BCUT2D eigenvalue weighted by molar-refractivity contribution is -0.117. The Morgan fingerprint density at radius 1 is 1.07 bits per heavy atom. The molecule has 142 valence electrons. The Bertz CT molecular complexity index is 991. The molecule has 0 aliphatic carbocycles. The summed E-state index contributed by atoms with van der Waals surface area (Å²) < 4.78 is 32.6. The van der Waals surface area contributed by atoms with E-state index in [2.05, 4.69) is 10.3 Å². The zero-order valence-electron chi connectivity index (χ0n) is 15.1. The molecule has 2 aromatic carbocycles. The van der Waals surface area contributed by atoms with Crippen LogP contribution in [-0.4, -0.2) is 10.9 Å². The highest BCUT2D eigenvalue weighted by Crippen LogP contribution is 2.24. The second-order valence-corrected chi connectivity index (χ2v) is 6.06. The molecule has 0 radical (unpaired) electrons. The first-order chi connectivity index (χ1) is 13.5. The summed E-state index contributed by atoms with van der Waals surface area (Å²) in [5.41, 5.74) is 0.848. The molecule has 3 rings (SSSR count). The number of hydrogen-bond donors (Lipinski definition) is 1. The standard InChI is InChI=1S/C22H18F2N2O2/c1-15(26-21(27)9-8-16-4-3-7-20(23)22(16)24)17-5-2-6-19(14-17)28-18-10-12-25-13-11-18/h2-15H,1H3,(H,26,27)/b9-8+. The van der Waals surface area contributed by atoms with Crippen LogP contribution in [0.5, 0.6) is 11.5 Å². The smallest absolute Gasteiger partial charge is 0.244 e. The van der Waals surface area contributed by atoms with Crippen molar-refractivity contribution >= 4 is 12.0 Å². The fourth-order valence-corrected chi connectivity index (χ4v) is 2.55. The van der Waals surface area contributed by atoms with Gasteiger partial charge in [0.05, 0.1) is 6.04 Å². The molecule has 6 heteroatoms. The van der Waals surface area contributed by atoms with Gasteiger partial charge in [-0.2, -0.15) is 0 Å². The van der Waals surface area contributed by atoms with Gasteiger partial charge in [0, 0.05) is 24.0 Å². The third kappa shape index (κ3) is 5.01. The Morgan fingerprint density at radius 3 is 2.61 bits per heavy atom. The highest BCUT2D eigenvalue weighted by atomic mass is 19.2. The minimum absolute atomic E-state index is 0.00977. The minimum atomic E-state index is -0.986. The van der Waals surface area contributed by atoms with Gasteiger partial charge in [-0.15, -0.1) is 0 Å². The average molecular weight is 380 g/mol. The number of benzene rings is 2. The summed E-state index contributed by atoms with van der Waals surface area (Å²) in [7, 11) is 0. The van der Waals surface area contributed by atoms with Crippen molar-refractivity contribution in [3.05, 3.63) is 95.8 Å². The molecule has 28 heavy (non-hydrogen) atoms. The lowest BCUT2D eigenvalue weighted by Crippen LogP contribution is -2.24. The van der Waals surface area contributed by atoms with E-state index in [4.69, 9.17) is 4.74 Å². The number of nitrogens with one attached hydrogen (secondary N) is 1. The number of carbonyl (C=O) groups excluding carboxylic acids is 1. The highest BCUT2D eigenvalue weighted by molar-refractivity contribution is 5.92. The summed E-state index contributed by atoms with van der Waals surface area (Å²) in [6.45, 7) is 1.82. The normalized spacial score (nSPS) is 12.0. The molecule has 1 heterocycles. The van der Waals surface area contributed by atoms with E-state index in [1.165, 1.54) is 24.3 Å². The Balaban J connectivity index is 1.64. The molecule has 0 saturated heterocycles. The van der Waals surface area contributed by atoms with Gasteiger partial charge in [-0.3, -0.25) is 9.78 Å². The van der Waals surface area contributed by atoms with Gasteiger partial charge in [0.25, 0.3) is 0 Å². The van der Waals surface area contributed by atoms with Crippen LogP contribution in [-0.2, 0) is 4.79 Å². The molecule has 4 nitrogen and oxygen atoms in total. The maximum absolute atomic E-state index is 13.6. The van der Waals surface area contributed by atoms with E-state index < -0.39 is 17.5 Å². The fourth-order valence-electron chi connectivity index (χ4n) is 2.55. The molecular formula is C22H18F2N2O2. The second-order valence-electron chi connectivity index (χ2n) is 6.06. The first-order valence-electron chi connectivity index (χ1n) is 8.63. The summed E-state index contributed by atoms with van der Waals surface area (Å²) >= 11 is 0. The van der Waals surface area contributed by atoms with Gasteiger partial charge in [0.1, 0.15) is 11.5 Å². The molecule has 0 saturated carbocycles. The fraction of sp³-hybridized carbons (Fsp3) is 0.0909. The van der Waals surface area contributed by atoms with Gasteiger partial charge in [-0.25, -0.2) is 8.78 Å².